The van der Waals surface area contributed by atoms with Gasteiger partial charge in [0.05, 0.1) is 26.0 Å². The van der Waals surface area contributed by atoms with Gasteiger partial charge in [0.1, 0.15) is 11.5 Å². The lowest BCUT2D eigenvalue weighted by Crippen LogP contribution is -2.34. The number of nitrogens with zero attached hydrogens (tertiary/aromatic N) is 4. The predicted molar refractivity (Wildman–Crippen MR) is 112 cm³/mol. The zero-order valence-corrected chi connectivity index (χ0v) is 17.6. The van der Waals surface area contributed by atoms with Gasteiger partial charge in [-0.2, -0.15) is 5.10 Å². The molecule has 0 bridgehead atoms. The molecule has 1 aromatic carbocycles. The molecule has 30 heavy (non-hydrogen) atoms. The van der Waals surface area contributed by atoms with Gasteiger partial charge >= 0.3 is 0 Å². The van der Waals surface area contributed by atoms with Gasteiger partial charge in [0.15, 0.2) is 11.5 Å². The summed E-state index contributed by atoms with van der Waals surface area (Å²) in [5.41, 5.74) is 2.22. The number of imidazole rings is 1. The number of ether oxygens (including phenoxy) is 2. The van der Waals surface area contributed by atoms with Crippen molar-refractivity contribution in [2.45, 2.75) is 39.3 Å². The minimum atomic E-state index is -0.0946. The number of benzene rings is 1. The third kappa shape index (κ3) is 4.03. The molecule has 0 spiro atoms. The zero-order valence-electron chi connectivity index (χ0n) is 17.6. The number of aromatic nitrogens is 4. The Morgan fingerprint density at radius 1 is 1.37 bits per heavy atom. The average Bonchev–Trinajstić information content (AvgIpc) is 3.37. The zero-order chi connectivity index (χ0) is 21.1. The molecule has 0 atom stereocenters. The van der Waals surface area contributed by atoms with Crippen LogP contribution in [0.4, 0.5) is 0 Å². The summed E-state index contributed by atoms with van der Waals surface area (Å²) in [5, 5.41) is 7.29. The summed E-state index contributed by atoms with van der Waals surface area (Å²) >= 11 is 0. The Morgan fingerprint density at radius 3 is 3.03 bits per heavy atom. The number of nitrogens with one attached hydrogen (secondary N) is 1. The lowest BCUT2D eigenvalue weighted by atomic mass is 10.1. The van der Waals surface area contributed by atoms with E-state index in [-0.39, 0.29) is 5.91 Å². The maximum absolute atomic E-state index is 13.2. The third-order valence-electron chi connectivity index (χ3n) is 5.20. The molecule has 4 rings (SSSR count). The number of methoxy groups -OCH3 is 1. The van der Waals surface area contributed by atoms with Crippen LogP contribution in [-0.4, -0.2) is 50.8 Å². The molecule has 3 heterocycles. The first-order chi connectivity index (χ1) is 14.6. The van der Waals surface area contributed by atoms with Crippen LogP contribution in [0.3, 0.4) is 0 Å². The van der Waals surface area contributed by atoms with Crippen LogP contribution < -0.4 is 9.47 Å². The van der Waals surface area contributed by atoms with Crippen molar-refractivity contribution in [1.82, 2.24) is 24.6 Å². The van der Waals surface area contributed by atoms with Crippen molar-refractivity contribution in [2.75, 3.05) is 20.3 Å². The van der Waals surface area contributed by atoms with Crippen LogP contribution >= 0.6 is 0 Å². The summed E-state index contributed by atoms with van der Waals surface area (Å²) in [7, 11) is 1.62. The second-order valence-electron chi connectivity index (χ2n) is 7.72. The van der Waals surface area contributed by atoms with Gasteiger partial charge in [-0.3, -0.25) is 9.89 Å². The summed E-state index contributed by atoms with van der Waals surface area (Å²) in [6.07, 6.45) is 4.49. The Bertz CT molecular complexity index is 1020. The Hall–Kier alpha value is -3.29. The van der Waals surface area contributed by atoms with Crippen LogP contribution in [0, 0.1) is 0 Å². The van der Waals surface area contributed by atoms with Gasteiger partial charge in [-0.1, -0.05) is 26.0 Å². The number of hydrogen-bond acceptors (Lipinski definition) is 5. The van der Waals surface area contributed by atoms with Crippen LogP contribution in [0.5, 0.6) is 11.5 Å². The first kappa shape index (κ1) is 20.0. The Balaban J connectivity index is 1.52. The summed E-state index contributed by atoms with van der Waals surface area (Å²) < 4.78 is 13.4. The minimum absolute atomic E-state index is 0.0946. The van der Waals surface area contributed by atoms with E-state index < -0.39 is 0 Å². The number of carbonyl (C=O) groups excluding carboxylic acids is 1. The monoisotopic (exact) mass is 409 g/mol. The normalized spacial score (nSPS) is 14.1. The van der Waals surface area contributed by atoms with Crippen molar-refractivity contribution in [3.63, 3.8) is 0 Å². The summed E-state index contributed by atoms with van der Waals surface area (Å²) in [4.78, 5) is 19.4. The maximum atomic E-state index is 13.2. The van der Waals surface area contributed by atoms with E-state index >= 15 is 0 Å². The topological polar surface area (TPSA) is 85.3 Å². The van der Waals surface area contributed by atoms with Gasteiger partial charge < -0.3 is 18.9 Å². The van der Waals surface area contributed by atoms with E-state index in [0.717, 1.165) is 23.5 Å². The molecule has 8 nitrogen and oxygen atoms in total. The number of H-pyrrole nitrogens is 1. The number of carbonyl (C=O) groups is 1. The molecule has 0 radical (unpaired) electrons. The summed E-state index contributed by atoms with van der Waals surface area (Å²) in [5.74, 6) is 2.63. The molecular formula is C22H27N5O3. The third-order valence-corrected chi connectivity index (χ3v) is 5.20. The van der Waals surface area contributed by atoms with E-state index in [2.05, 4.69) is 33.6 Å². The van der Waals surface area contributed by atoms with Crippen LogP contribution in [0.1, 0.15) is 53.8 Å². The largest absolute Gasteiger partial charge is 0.493 e. The molecule has 2 aromatic heterocycles. The lowest BCUT2D eigenvalue weighted by molar-refractivity contribution is 0.0715. The molecule has 0 unspecified atom stereocenters. The SMILES string of the molecule is COc1cccc2c1OCCCN(C(=O)c1cc(Cn3ccnc3C(C)C)[nH]n1)C2. The van der Waals surface area contributed by atoms with Crippen LogP contribution in [0.2, 0.25) is 0 Å². The summed E-state index contributed by atoms with van der Waals surface area (Å²) in [6.45, 7) is 6.41. The van der Waals surface area contributed by atoms with Crippen LogP contribution in [-0.2, 0) is 13.1 Å². The first-order valence-corrected chi connectivity index (χ1v) is 10.2. The van der Waals surface area contributed by atoms with Gasteiger partial charge in [-0.25, -0.2) is 4.98 Å². The fraction of sp³-hybridized carbons (Fsp3) is 0.409. The number of rotatable bonds is 5. The van der Waals surface area contributed by atoms with E-state index in [1.165, 1.54) is 0 Å². The summed E-state index contributed by atoms with van der Waals surface area (Å²) in [6, 6.07) is 7.57. The van der Waals surface area contributed by atoms with Crippen molar-refractivity contribution < 1.29 is 14.3 Å². The minimum Gasteiger partial charge on any atom is -0.493 e. The molecule has 0 saturated carbocycles. The Labute approximate surface area is 175 Å². The van der Waals surface area contributed by atoms with E-state index in [1.807, 2.05) is 35.4 Å². The Kier molecular flexibility index (Phi) is 5.74. The van der Waals surface area contributed by atoms with Crippen molar-refractivity contribution in [3.8, 4) is 11.5 Å². The van der Waals surface area contributed by atoms with E-state index in [4.69, 9.17) is 9.47 Å². The number of hydrogen-bond donors (Lipinski definition) is 1. The molecular weight excluding hydrogens is 382 g/mol. The molecule has 0 fully saturated rings. The maximum Gasteiger partial charge on any atom is 0.274 e. The highest BCUT2D eigenvalue weighted by Crippen LogP contribution is 2.33. The van der Waals surface area contributed by atoms with E-state index in [0.29, 0.717) is 49.4 Å². The highest BCUT2D eigenvalue weighted by Gasteiger charge is 2.23. The molecule has 3 aromatic rings. The molecule has 1 aliphatic rings. The molecule has 158 valence electrons. The van der Waals surface area contributed by atoms with Crippen LogP contribution in [0.15, 0.2) is 36.7 Å². The molecule has 1 amide bonds. The van der Waals surface area contributed by atoms with Crippen molar-refractivity contribution in [2.24, 2.45) is 0 Å². The number of para-hydroxylation sites is 1. The molecule has 0 saturated heterocycles. The highest BCUT2D eigenvalue weighted by atomic mass is 16.5. The van der Waals surface area contributed by atoms with Gasteiger partial charge in [0.2, 0.25) is 0 Å². The average molecular weight is 409 g/mol. The van der Waals surface area contributed by atoms with E-state index in [9.17, 15) is 4.79 Å². The molecule has 8 heteroatoms. The van der Waals surface area contributed by atoms with Gasteiger partial charge in [0, 0.05) is 37.0 Å². The van der Waals surface area contributed by atoms with Crippen LogP contribution in [0.25, 0.3) is 0 Å². The number of fused-ring (bicyclic) bond motifs is 1. The van der Waals surface area contributed by atoms with Gasteiger partial charge in [0.25, 0.3) is 5.91 Å². The fourth-order valence-electron chi connectivity index (χ4n) is 3.75. The lowest BCUT2D eigenvalue weighted by Gasteiger charge is -2.26. The predicted octanol–water partition coefficient (Wildman–Crippen LogP) is 3.21. The van der Waals surface area contributed by atoms with Crippen molar-refractivity contribution in [3.05, 3.63) is 59.4 Å². The van der Waals surface area contributed by atoms with Crippen molar-refractivity contribution >= 4 is 5.91 Å². The fourth-order valence-corrected chi connectivity index (χ4v) is 3.75. The standard InChI is InChI=1S/C22H27N5O3/c1-15(2)21-23-8-10-26(21)14-17-12-18(25-24-17)22(28)27-9-5-11-30-20-16(13-27)6-4-7-19(20)29-3/h4,6-8,10,12,15H,5,9,11,13-14H2,1-3H3,(H,24,25). The first-order valence-electron chi connectivity index (χ1n) is 10.2. The molecule has 0 aliphatic carbocycles. The number of amides is 1. The second-order valence-corrected chi connectivity index (χ2v) is 7.72. The Morgan fingerprint density at radius 2 is 2.23 bits per heavy atom. The second kappa shape index (κ2) is 8.61. The molecule has 1 N–H and O–H groups in total. The van der Waals surface area contributed by atoms with E-state index in [1.54, 1.807) is 13.3 Å². The van der Waals surface area contributed by atoms with Crippen molar-refractivity contribution in [1.29, 1.82) is 0 Å². The van der Waals surface area contributed by atoms with Gasteiger partial charge in [-0.15, -0.1) is 0 Å². The number of aromatic amines is 1. The molecule has 1 aliphatic heterocycles. The smallest absolute Gasteiger partial charge is 0.274 e. The quantitative estimate of drug-likeness (QED) is 0.699. The van der Waals surface area contributed by atoms with Gasteiger partial charge in [-0.05, 0) is 18.6 Å². The highest BCUT2D eigenvalue weighted by molar-refractivity contribution is 5.92.